The highest BCUT2D eigenvalue weighted by atomic mass is 19.4. The summed E-state index contributed by atoms with van der Waals surface area (Å²) >= 11 is 0. The van der Waals surface area contributed by atoms with Crippen LogP contribution in [0.3, 0.4) is 0 Å². The topological polar surface area (TPSA) is 116 Å². The third-order valence-corrected chi connectivity index (χ3v) is 5.74. The fraction of sp³-hybridized carbons (Fsp3) is 0.296. The molecule has 8 nitrogen and oxygen atoms in total. The quantitative estimate of drug-likeness (QED) is 0.440. The van der Waals surface area contributed by atoms with Gasteiger partial charge >= 0.3 is 12.1 Å². The average molecular weight is 530 g/mol. The normalized spacial score (nSPS) is 14.1. The number of likely N-dealkylation sites (tertiary alicyclic amines) is 1. The number of furan rings is 1. The zero-order valence-electron chi connectivity index (χ0n) is 20.5. The zero-order valence-corrected chi connectivity index (χ0v) is 20.5. The Morgan fingerprint density at radius 1 is 1.16 bits per heavy atom. The van der Waals surface area contributed by atoms with Crippen molar-refractivity contribution in [2.75, 3.05) is 18.4 Å². The predicted molar refractivity (Wildman–Crippen MR) is 132 cm³/mol. The smallest absolute Gasteiger partial charge is 0.490 e. The number of nitrogens with one attached hydrogen (secondary N) is 1. The fourth-order valence-electron chi connectivity index (χ4n) is 3.77. The highest BCUT2D eigenvalue weighted by Gasteiger charge is 2.38. The lowest BCUT2D eigenvalue weighted by atomic mass is 10.1. The monoisotopic (exact) mass is 529 g/mol. The highest BCUT2D eigenvalue weighted by molar-refractivity contribution is 6.02. The van der Waals surface area contributed by atoms with Gasteiger partial charge in [-0.15, -0.1) is 0 Å². The molecule has 4 rings (SSSR count). The summed E-state index contributed by atoms with van der Waals surface area (Å²) in [5.74, 6) is -1.90. The van der Waals surface area contributed by atoms with E-state index in [9.17, 15) is 18.0 Å². The van der Waals surface area contributed by atoms with E-state index in [0.29, 0.717) is 11.3 Å². The Hall–Kier alpha value is -4.30. The number of alkyl halides is 3. The number of carbonyl (C=O) groups is 2. The van der Waals surface area contributed by atoms with Crippen molar-refractivity contribution in [1.82, 2.24) is 4.90 Å². The van der Waals surface area contributed by atoms with Gasteiger partial charge in [-0.1, -0.05) is 12.1 Å². The molecule has 2 heterocycles. The first-order valence-corrected chi connectivity index (χ1v) is 11.7. The Balaban J connectivity index is 0.000000505. The van der Waals surface area contributed by atoms with E-state index in [4.69, 9.17) is 24.3 Å². The number of rotatable bonds is 6. The molecule has 0 spiro atoms. The van der Waals surface area contributed by atoms with Crippen LogP contribution in [0.2, 0.25) is 0 Å². The van der Waals surface area contributed by atoms with Crippen molar-refractivity contribution in [3.8, 4) is 11.8 Å². The molecule has 2 aromatic carbocycles. The van der Waals surface area contributed by atoms with Crippen molar-refractivity contribution < 1.29 is 37.0 Å². The van der Waals surface area contributed by atoms with Crippen LogP contribution >= 0.6 is 0 Å². The second kappa shape index (κ2) is 12.8. The van der Waals surface area contributed by atoms with E-state index in [2.05, 4.69) is 16.3 Å². The van der Waals surface area contributed by atoms with Gasteiger partial charge in [-0.2, -0.15) is 18.4 Å². The van der Waals surface area contributed by atoms with Crippen LogP contribution in [-0.4, -0.2) is 47.3 Å². The molecule has 200 valence electrons. The van der Waals surface area contributed by atoms with E-state index in [-0.39, 0.29) is 17.8 Å². The molecule has 0 bridgehead atoms. The first-order valence-electron chi connectivity index (χ1n) is 11.7. The zero-order chi connectivity index (χ0) is 27.7. The van der Waals surface area contributed by atoms with E-state index >= 15 is 0 Å². The van der Waals surface area contributed by atoms with Crippen LogP contribution in [0.25, 0.3) is 0 Å². The van der Waals surface area contributed by atoms with Crippen molar-refractivity contribution in [3.05, 3.63) is 83.3 Å². The number of aryl methyl sites for hydroxylation is 1. The molecule has 2 N–H and O–H groups in total. The largest absolute Gasteiger partial charge is 0.490 e. The van der Waals surface area contributed by atoms with Crippen molar-refractivity contribution >= 4 is 17.6 Å². The molecule has 3 aromatic rings. The van der Waals surface area contributed by atoms with Gasteiger partial charge in [0.15, 0.2) is 5.76 Å². The van der Waals surface area contributed by atoms with Gasteiger partial charge < -0.3 is 19.6 Å². The van der Waals surface area contributed by atoms with Crippen LogP contribution in [0.1, 0.15) is 40.1 Å². The number of hydrogen-bond acceptors (Lipinski definition) is 6. The molecular weight excluding hydrogens is 503 g/mol. The Kier molecular flexibility index (Phi) is 9.51. The number of amides is 1. The number of nitriles is 1. The number of anilines is 1. The number of ether oxygens (including phenoxy) is 1. The highest BCUT2D eigenvalue weighted by Crippen LogP contribution is 2.26. The van der Waals surface area contributed by atoms with Crippen molar-refractivity contribution in [2.24, 2.45) is 0 Å². The second-order valence-electron chi connectivity index (χ2n) is 8.62. The summed E-state index contributed by atoms with van der Waals surface area (Å²) in [4.78, 5) is 23.4. The number of carboxylic acids is 1. The molecule has 1 aromatic heterocycles. The van der Waals surface area contributed by atoms with Crippen molar-refractivity contribution in [1.29, 1.82) is 5.26 Å². The maximum Gasteiger partial charge on any atom is 0.490 e. The lowest BCUT2D eigenvalue weighted by molar-refractivity contribution is -0.192. The molecule has 0 atom stereocenters. The van der Waals surface area contributed by atoms with E-state index in [1.807, 2.05) is 49.4 Å². The van der Waals surface area contributed by atoms with Gasteiger partial charge in [0, 0.05) is 25.3 Å². The maximum atomic E-state index is 12.1. The number of benzene rings is 2. The molecule has 0 radical (unpaired) electrons. The first kappa shape index (κ1) is 28.3. The minimum absolute atomic E-state index is 0.180. The summed E-state index contributed by atoms with van der Waals surface area (Å²) in [6, 6.07) is 18.9. The van der Waals surface area contributed by atoms with Crippen LogP contribution in [0.5, 0.6) is 5.75 Å². The summed E-state index contributed by atoms with van der Waals surface area (Å²) in [6.07, 6.45) is -1.49. The predicted octanol–water partition coefficient (Wildman–Crippen LogP) is 5.39. The van der Waals surface area contributed by atoms with Gasteiger partial charge in [-0.3, -0.25) is 9.69 Å². The molecule has 1 aliphatic rings. The van der Waals surface area contributed by atoms with Crippen molar-refractivity contribution in [2.45, 2.75) is 38.6 Å². The summed E-state index contributed by atoms with van der Waals surface area (Å²) in [7, 11) is 0. The van der Waals surface area contributed by atoms with Crippen LogP contribution in [0.15, 0.2) is 65.3 Å². The number of carbonyl (C=O) groups excluding carboxylic acids is 1. The SMILES string of the molecule is Cc1cc(NC(=O)c2ccco2)ccc1OC1CCN(Cc2ccc(C#N)cc2)CC1.O=C(O)C(F)(F)F. The van der Waals surface area contributed by atoms with Crippen LogP contribution < -0.4 is 10.1 Å². The number of halogens is 3. The number of hydrogen-bond donors (Lipinski definition) is 2. The molecule has 1 amide bonds. The second-order valence-corrected chi connectivity index (χ2v) is 8.62. The lowest BCUT2D eigenvalue weighted by Gasteiger charge is -2.32. The van der Waals surface area contributed by atoms with Gasteiger partial charge in [-0.05, 0) is 73.4 Å². The van der Waals surface area contributed by atoms with E-state index in [1.54, 1.807) is 12.1 Å². The Labute approximate surface area is 217 Å². The van der Waals surface area contributed by atoms with Gasteiger partial charge in [0.1, 0.15) is 11.9 Å². The minimum atomic E-state index is -5.08. The molecule has 0 unspecified atom stereocenters. The molecule has 1 saturated heterocycles. The third-order valence-electron chi connectivity index (χ3n) is 5.74. The molecule has 0 aliphatic carbocycles. The minimum Gasteiger partial charge on any atom is -0.490 e. The number of aliphatic carboxylic acids is 1. The van der Waals surface area contributed by atoms with E-state index in [0.717, 1.165) is 43.8 Å². The summed E-state index contributed by atoms with van der Waals surface area (Å²) in [5, 5.41) is 18.9. The van der Waals surface area contributed by atoms with Crippen LogP contribution in [-0.2, 0) is 11.3 Å². The molecule has 1 aliphatic heterocycles. The third kappa shape index (κ3) is 8.38. The Morgan fingerprint density at radius 2 is 1.82 bits per heavy atom. The summed E-state index contributed by atoms with van der Waals surface area (Å²) in [6.45, 7) is 4.82. The maximum absolute atomic E-state index is 12.1. The number of nitrogens with zero attached hydrogens (tertiary/aromatic N) is 2. The Bertz CT molecular complexity index is 1260. The molecule has 1 fully saturated rings. The van der Waals surface area contributed by atoms with Gasteiger partial charge in [0.25, 0.3) is 5.91 Å². The molecular formula is C27H26F3N3O5. The van der Waals surface area contributed by atoms with Gasteiger partial charge in [-0.25, -0.2) is 4.79 Å². The fourth-order valence-corrected chi connectivity index (χ4v) is 3.77. The Morgan fingerprint density at radius 3 is 2.34 bits per heavy atom. The standard InChI is InChI=1S/C25H25N3O3.C2HF3O2/c1-18-15-21(27-25(29)24-3-2-14-30-24)8-9-23(18)31-22-10-12-28(13-11-22)17-20-6-4-19(16-26)5-7-20;3-2(4,5)1(6)7/h2-9,14-15,22H,10-13,17H2,1H3,(H,27,29);(H,6,7). The first-order chi connectivity index (χ1) is 18.0. The van der Waals surface area contributed by atoms with Crippen molar-refractivity contribution in [3.63, 3.8) is 0 Å². The van der Waals surface area contributed by atoms with E-state index < -0.39 is 12.1 Å². The summed E-state index contributed by atoms with van der Waals surface area (Å²) in [5.41, 5.74) is 3.61. The number of carboxylic acid groups (broad SMARTS) is 1. The average Bonchev–Trinajstić information content (AvgIpc) is 3.42. The number of piperidine rings is 1. The lowest BCUT2D eigenvalue weighted by Crippen LogP contribution is -2.37. The molecule has 38 heavy (non-hydrogen) atoms. The van der Waals surface area contributed by atoms with Gasteiger partial charge in [0.05, 0.1) is 17.9 Å². The summed E-state index contributed by atoms with van der Waals surface area (Å²) < 4.78 is 43.1. The van der Waals surface area contributed by atoms with Crippen LogP contribution in [0, 0.1) is 18.3 Å². The van der Waals surface area contributed by atoms with Gasteiger partial charge in [0.2, 0.25) is 0 Å². The molecule has 0 saturated carbocycles. The van der Waals surface area contributed by atoms with E-state index in [1.165, 1.54) is 11.8 Å². The van der Waals surface area contributed by atoms with Crippen LogP contribution in [0.4, 0.5) is 18.9 Å². The molecule has 11 heteroatoms.